The Balaban J connectivity index is 2.39. The summed E-state index contributed by atoms with van der Waals surface area (Å²) in [5.74, 6) is 5.34. The second-order valence-corrected chi connectivity index (χ2v) is 2.95. The number of ether oxygens (including phenoxy) is 1. The Labute approximate surface area is 81.9 Å². The van der Waals surface area contributed by atoms with Crippen molar-refractivity contribution in [2.45, 2.75) is 6.61 Å². The van der Waals surface area contributed by atoms with Crippen LogP contribution in [-0.4, -0.2) is 12.5 Å². The van der Waals surface area contributed by atoms with E-state index < -0.39 is 0 Å². The van der Waals surface area contributed by atoms with Crippen LogP contribution in [0.1, 0.15) is 21.5 Å². The Morgan fingerprint density at radius 2 is 2.36 bits per heavy atom. The van der Waals surface area contributed by atoms with Gasteiger partial charge in [-0.05, 0) is 12.1 Å². The largest absolute Gasteiger partial charge is 0.457 e. The SMILES string of the molecule is NCC#Cc1ccc2c(c1)C(=O)OC2. The molecule has 0 unspecified atom stereocenters. The van der Waals surface area contributed by atoms with Crippen LogP contribution in [0.5, 0.6) is 0 Å². The summed E-state index contributed by atoms with van der Waals surface area (Å²) in [6.45, 7) is 0.695. The van der Waals surface area contributed by atoms with Crippen molar-refractivity contribution >= 4 is 5.97 Å². The van der Waals surface area contributed by atoms with Gasteiger partial charge in [0.1, 0.15) is 6.61 Å². The number of hydrogen-bond donors (Lipinski definition) is 1. The van der Waals surface area contributed by atoms with Crippen LogP contribution in [0.2, 0.25) is 0 Å². The van der Waals surface area contributed by atoms with E-state index in [4.69, 9.17) is 10.5 Å². The topological polar surface area (TPSA) is 52.3 Å². The fourth-order valence-electron chi connectivity index (χ4n) is 1.34. The minimum Gasteiger partial charge on any atom is -0.457 e. The van der Waals surface area contributed by atoms with Gasteiger partial charge in [-0.25, -0.2) is 4.79 Å². The van der Waals surface area contributed by atoms with Crippen molar-refractivity contribution in [2.75, 3.05) is 6.54 Å². The molecule has 1 aromatic rings. The van der Waals surface area contributed by atoms with E-state index in [2.05, 4.69) is 11.8 Å². The Kier molecular flexibility index (Phi) is 2.21. The molecule has 0 amide bonds. The average Bonchev–Trinajstić information content (AvgIpc) is 2.57. The highest BCUT2D eigenvalue weighted by Crippen LogP contribution is 2.20. The van der Waals surface area contributed by atoms with Gasteiger partial charge in [0.2, 0.25) is 0 Å². The van der Waals surface area contributed by atoms with E-state index in [1.54, 1.807) is 6.07 Å². The second kappa shape index (κ2) is 3.52. The quantitative estimate of drug-likeness (QED) is 0.479. The fraction of sp³-hybridized carbons (Fsp3) is 0.182. The zero-order valence-electron chi connectivity index (χ0n) is 7.54. The maximum absolute atomic E-state index is 11.2. The molecular weight excluding hydrogens is 178 g/mol. The zero-order valence-corrected chi connectivity index (χ0v) is 7.54. The number of hydrogen-bond acceptors (Lipinski definition) is 3. The molecule has 2 rings (SSSR count). The monoisotopic (exact) mass is 187 g/mol. The first-order valence-corrected chi connectivity index (χ1v) is 4.30. The number of fused-ring (bicyclic) bond motifs is 1. The van der Waals surface area contributed by atoms with Crippen LogP contribution in [0, 0.1) is 11.8 Å². The van der Waals surface area contributed by atoms with Gasteiger partial charge >= 0.3 is 5.97 Å². The molecule has 0 saturated heterocycles. The highest BCUT2D eigenvalue weighted by Gasteiger charge is 2.20. The predicted octanol–water partition coefficient (Wildman–Crippen LogP) is 0.667. The number of carbonyl (C=O) groups excluding carboxylic acids is 1. The van der Waals surface area contributed by atoms with Crippen LogP contribution in [0.3, 0.4) is 0 Å². The number of rotatable bonds is 0. The lowest BCUT2D eigenvalue weighted by Crippen LogP contribution is -1.95. The van der Waals surface area contributed by atoms with Gasteiger partial charge in [0.15, 0.2) is 0 Å². The third-order valence-corrected chi connectivity index (χ3v) is 2.02. The summed E-state index contributed by atoms with van der Waals surface area (Å²) in [5, 5.41) is 0. The summed E-state index contributed by atoms with van der Waals surface area (Å²) >= 11 is 0. The van der Waals surface area contributed by atoms with E-state index in [1.807, 2.05) is 12.1 Å². The summed E-state index contributed by atoms with van der Waals surface area (Å²) in [7, 11) is 0. The highest BCUT2D eigenvalue weighted by atomic mass is 16.5. The Bertz CT molecular complexity index is 440. The van der Waals surface area contributed by atoms with Crippen LogP contribution in [0.15, 0.2) is 18.2 Å². The summed E-state index contributed by atoms with van der Waals surface area (Å²) in [6, 6.07) is 5.47. The molecule has 1 heterocycles. The predicted molar refractivity (Wildman–Crippen MR) is 51.5 cm³/mol. The first-order chi connectivity index (χ1) is 6.81. The lowest BCUT2D eigenvalue weighted by atomic mass is 10.1. The number of benzene rings is 1. The molecule has 0 aliphatic carbocycles. The van der Waals surface area contributed by atoms with Gasteiger partial charge in [0.25, 0.3) is 0 Å². The van der Waals surface area contributed by atoms with Crippen LogP contribution >= 0.6 is 0 Å². The molecule has 0 radical (unpaired) electrons. The van der Waals surface area contributed by atoms with Gasteiger partial charge in [-0.3, -0.25) is 0 Å². The van der Waals surface area contributed by atoms with E-state index in [9.17, 15) is 4.79 Å². The van der Waals surface area contributed by atoms with Gasteiger partial charge < -0.3 is 10.5 Å². The molecule has 14 heavy (non-hydrogen) atoms. The molecule has 0 fully saturated rings. The highest BCUT2D eigenvalue weighted by molar-refractivity contribution is 5.93. The van der Waals surface area contributed by atoms with Crippen LogP contribution in [0.4, 0.5) is 0 Å². The average molecular weight is 187 g/mol. The van der Waals surface area contributed by atoms with Gasteiger partial charge in [0, 0.05) is 11.1 Å². The molecule has 1 aromatic carbocycles. The minimum atomic E-state index is -0.267. The standard InChI is InChI=1S/C11H9NO2/c12-5-1-2-8-3-4-9-7-14-11(13)10(9)6-8/h3-4,6H,5,7,12H2. The maximum atomic E-state index is 11.2. The fourth-order valence-corrected chi connectivity index (χ4v) is 1.34. The summed E-state index contributed by atoms with van der Waals surface area (Å²) in [6.07, 6.45) is 0. The summed E-state index contributed by atoms with van der Waals surface area (Å²) in [5.41, 5.74) is 7.59. The number of cyclic esters (lactones) is 1. The Morgan fingerprint density at radius 3 is 3.14 bits per heavy atom. The molecule has 0 spiro atoms. The Morgan fingerprint density at radius 1 is 1.50 bits per heavy atom. The normalized spacial score (nSPS) is 12.8. The van der Waals surface area contributed by atoms with E-state index >= 15 is 0 Å². The molecule has 0 bridgehead atoms. The van der Waals surface area contributed by atoms with Crippen molar-refractivity contribution in [3.8, 4) is 11.8 Å². The molecule has 1 aliphatic heterocycles. The molecule has 0 saturated carbocycles. The first-order valence-electron chi connectivity index (χ1n) is 4.30. The maximum Gasteiger partial charge on any atom is 0.338 e. The van der Waals surface area contributed by atoms with Gasteiger partial charge in [-0.1, -0.05) is 17.9 Å². The van der Waals surface area contributed by atoms with Crippen LogP contribution in [0.25, 0.3) is 0 Å². The molecule has 0 atom stereocenters. The number of esters is 1. The molecule has 3 heteroatoms. The van der Waals surface area contributed by atoms with E-state index in [-0.39, 0.29) is 5.97 Å². The van der Waals surface area contributed by atoms with E-state index in [1.165, 1.54) is 0 Å². The lowest BCUT2D eigenvalue weighted by molar-refractivity contribution is 0.0535. The molecule has 1 aliphatic rings. The number of nitrogens with two attached hydrogens (primary N) is 1. The number of carbonyl (C=O) groups is 1. The Hall–Kier alpha value is -1.79. The zero-order chi connectivity index (χ0) is 9.97. The van der Waals surface area contributed by atoms with Crippen molar-refractivity contribution in [1.82, 2.24) is 0 Å². The molecular formula is C11H9NO2. The van der Waals surface area contributed by atoms with Crippen molar-refractivity contribution in [2.24, 2.45) is 5.73 Å². The van der Waals surface area contributed by atoms with Crippen LogP contribution < -0.4 is 5.73 Å². The second-order valence-electron chi connectivity index (χ2n) is 2.95. The smallest absolute Gasteiger partial charge is 0.338 e. The molecule has 0 aromatic heterocycles. The van der Waals surface area contributed by atoms with Crippen molar-refractivity contribution in [1.29, 1.82) is 0 Å². The summed E-state index contributed by atoms with van der Waals surface area (Å²) in [4.78, 5) is 11.2. The third-order valence-electron chi connectivity index (χ3n) is 2.02. The van der Waals surface area contributed by atoms with Gasteiger partial charge in [-0.15, -0.1) is 0 Å². The van der Waals surface area contributed by atoms with Crippen molar-refractivity contribution in [3.05, 3.63) is 34.9 Å². The molecule has 70 valence electrons. The van der Waals surface area contributed by atoms with Gasteiger partial charge in [0.05, 0.1) is 12.1 Å². The van der Waals surface area contributed by atoms with E-state index in [0.717, 1.165) is 11.1 Å². The van der Waals surface area contributed by atoms with Crippen LogP contribution in [-0.2, 0) is 11.3 Å². The van der Waals surface area contributed by atoms with Gasteiger partial charge in [-0.2, -0.15) is 0 Å². The van der Waals surface area contributed by atoms with E-state index in [0.29, 0.717) is 18.7 Å². The molecule has 3 nitrogen and oxygen atoms in total. The van der Waals surface area contributed by atoms with Crippen molar-refractivity contribution < 1.29 is 9.53 Å². The third kappa shape index (κ3) is 1.48. The molecule has 2 N–H and O–H groups in total. The first kappa shape index (κ1) is 8.79. The van der Waals surface area contributed by atoms with Crippen molar-refractivity contribution in [3.63, 3.8) is 0 Å². The minimum absolute atomic E-state index is 0.267. The summed E-state index contributed by atoms with van der Waals surface area (Å²) < 4.78 is 4.87. The lowest BCUT2D eigenvalue weighted by Gasteiger charge is -1.94.